The van der Waals surface area contributed by atoms with Crippen molar-refractivity contribution in [3.05, 3.63) is 35.9 Å². The Hall–Kier alpha value is -2.39. The first-order valence-corrected chi connectivity index (χ1v) is 9.39. The van der Waals surface area contributed by atoms with Crippen LogP contribution < -0.4 is 16.0 Å². The van der Waals surface area contributed by atoms with Crippen molar-refractivity contribution in [3.8, 4) is 0 Å². The number of carbonyl (C=O) groups excluding carboxylic acids is 4. The van der Waals surface area contributed by atoms with Gasteiger partial charge >= 0.3 is 0 Å². The quantitative estimate of drug-likeness (QED) is 0.451. The predicted molar refractivity (Wildman–Crippen MR) is 103 cm³/mol. The second-order valence-electron chi connectivity index (χ2n) is 5.93. The molecule has 4 N–H and O–H groups in total. The number of amides is 3. The molecular formula is C18H25N3O5S. The van der Waals surface area contributed by atoms with Gasteiger partial charge in [0.15, 0.2) is 5.12 Å². The van der Waals surface area contributed by atoms with Crippen LogP contribution in [0.25, 0.3) is 0 Å². The van der Waals surface area contributed by atoms with E-state index < -0.39 is 35.9 Å². The first-order chi connectivity index (χ1) is 12.7. The number of likely N-dealkylation sites (N-methyl/N-ethyl adjacent to an activating group) is 1. The van der Waals surface area contributed by atoms with Gasteiger partial charge in [-0.3, -0.25) is 19.2 Å². The van der Waals surface area contributed by atoms with E-state index in [0.29, 0.717) is 0 Å². The van der Waals surface area contributed by atoms with E-state index in [4.69, 9.17) is 0 Å². The van der Waals surface area contributed by atoms with Gasteiger partial charge < -0.3 is 21.1 Å². The molecule has 0 unspecified atom stereocenters. The Morgan fingerprint density at radius 2 is 1.70 bits per heavy atom. The van der Waals surface area contributed by atoms with Gasteiger partial charge in [0.05, 0.1) is 11.9 Å². The van der Waals surface area contributed by atoms with Gasteiger partial charge in [0.2, 0.25) is 17.7 Å². The van der Waals surface area contributed by atoms with E-state index >= 15 is 0 Å². The third kappa shape index (κ3) is 8.23. The van der Waals surface area contributed by atoms with E-state index in [1.807, 2.05) is 30.3 Å². The van der Waals surface area contributed by atoms with Crippen molar-refractivity contribution in [2.45, 2.75) is 38.5 Å². The summed E-state index contributed by atoms with van der Waals surface area (Å²) < 4.78 is 0. The number of thioether (sulfide) groups is 1. The zero-order valence-corrected chi connectivity index (χ0v) is 16.3. The third-order valence-corrected chi connectivity index (χ3v) is 4.46. The number of hydrogen-bond donors (Lipinski definition) is 4. The fourth-order valence-corrected chi connectivity index (χ4v) is 2.70. The predicted octanol–water partition coefficient (Wildman–Crippen LogP) is -0.395. The molecule has 0 saturated heterocycles. The van der Waals surface area contributed by atoms with E-state index in [-0.39, 0.29) is 17.3 Å². The van der Waals surface area contributed by atoms with Crippen molar-refractivity contribution in [1.82, 2.24) is 16.0 Å². The molecule has 0 heterocycles. The Bertz CT molecular complexity index is 666. The molecular weight excluding hydrogens is 370 g/mol. The van der Waals surface area contributed by atoms with Crippen molar-refractivity contribution in [2.75, 3.05) is 12.8 Å². The summed E-state index contributed by atoms with van der Waals surface area (Å²) in [5.74, 6) is -1.80. The zero-order valence-electron chi connectivity index (χ0n) is 15.5. The molecule has 9 heteroatoms. The summed E-state index contributed by atoms with van der Waals surface area (Å²) in [5.41, 5.74) is 0.849. The summed E-state index contributed by atoms with van der Waals surface area (Å²) in [6.45, 7) is 2.68. The SMILES string of the molecule is CNC(=O)[C@H](Cc1ccccc1)NC(=O)[C@@H](NC(=O)CSC(C)=O)[C@@H](C)O. The Balaban J connectivity index is 2.81. The first kappa shape index (κ1) is 22.7. The van der Waals surface area contributed by atoms with Crippen molar-refractivity contribution in [2.24, 2.45) is 0 Å². The summed E-state index contributed by atoms with van der Waals surface area (Å²) in [7, 11) is 1.46. The smallest absolute Gasteiger partial charge is 0.245 e. The molecule has 3 atom stereocenters. The fraction of sp³-hybridized carbons (Fsp3) is 0.444. The molecule has 1 aromatic carbocycles. The maximum atomic E-state index is 12.5. The number of hydrogen-bond acceptors (Lipinski definition) is 6. The highest BCUT2D eigenvalue weighted by molar-refractivity contribution is 8.14. The van der Waals surface area contributed by atoms with Crippen molar-refractivity contribution in [3.63, 3.8) is 0 Å². The molecule has 0 aliphatic rings. The minimum absolute atomic E-state index is 0.158. The minimum Gasteiger partial charge on any atom is -0.391 e. The molecule has 8 nitrogen and oxygen atoms in total. The molecule has 0 aromatic heterocycles. The maximum absolute atomic E-state index is 12.5. The topological polar surface area (TPSA) is 125 Å². The summed E-state index contributed by atoms with van der Waals surface area (Å²) in [6.07, 6.45) is -0.925. The van der Waals surface area contributed by atoms with Crippen LogP contribution in [0.15, 0.2) is 30.3 Å². The zero-order chi connectivity index (χ0) is 20.4. The van der Waals surface area contributed by atoms with Crippen LogP contribution in [0.1, 0.15) is 19.4 Å². The minimum atomic E-state index is -1.24. The molecule has 1 rings (SSSR count). The van der Waals surface area contributed by atoms with Gasteiger partial charge in [-0.25, -0.2) is 0 Å². The monoisotopic (exact) mass is 395 g/mol. The Kier molecular flexibility index (Phi) is 9.52. The highest BCUT2D eigenvalue weighted by Gasteiger charge is 2.29. The number of aliphatic hydroxyl groups excluding tert-OH is 1. The Labute approximate surface area is 162 Å². The fourth-order valence-electron chi connectivity index (χ4n) is 2.28. The summed E-state index contributed by atoms with van der Waals surface area (Å²) >= 11 is 0.801. The van der Waals surface area contributed by atoms with Crippen molar-refractivity contribution in [1.29, 1.82) is 0 Å². The number of benzene rings is 1. The van der Waals surface area contributed by atoms with Crippen LogP contribution in [0, 0.1) is 0 Å². The maximum Gasteiger partial charge on any atom is 0.245 e. The van der Waals surface area contributed by atoms with E-state index in [2.05, 4.69) is 16.0 Å². The number of carbonyl (C=O) groups is 4. The normalized spacial score (nSPS) is 13.8. The van der Waals surface area contributed by atoms with Crippen molar-refractivity contribution >= 4 is 34.6 Å². The van der Waals surface area contributed by atoms with Crippen LogP contribution in [0.3, 0.4) is 0 Å². The molecule has 27 heavy (non-hydrogen) atoms. The van der Waals surface area contributed by atoms with Crippen LogP contribution in [0.2, 0.25) is 0 Å². The van der Waals surface area contributed by atoms with E-state index in [9.17, 15) is 24.3 Å². The Morgan fingerprint density at radius 3 is 2.22 bits per heavy atom. The van der Waals surface area contributed by atoms with Gasteiger partial charge in [-0.1, -0.05) is 42.1 Å². The molecule has 0 radical (unpaired) electrons. The van der Waals surface area contributed by atoms with Crippen LogP contribution in [0.5, 0.6) is 0 Å². The van der Waals surface area contributed by atoms with Gasteiger partial charge in [-0.05, 0) is 12.5 Å². The van der Waals surface area contributed by atoms with Crippen molar-refractivity contribution < 1.29 is 24.3 Å². The Morgan fingerprint density at radius 1 is 1.07 bits per heavy atom. The third-order valence-electron chi connectivity index (χ3n) is 3.65. The van der Waals surface area contributed by atoms with E-state index in [0.717, 1.165) is 17.3 Å². The summed E-state index contributed by atoms with van der Waals surface area (Å²) in [6, 6.07) is 7.04. The average molecular weight is 395 g/mol. The van der Waals surface area contributed by atoms with Gasteiger partial charge in [0.25, 0.3) is 0 Å². The second-order valence-corrected chi connectivity index (χ2v) is 7.08. The number of rotatable bonds is 9. The standard InChI is InChI=1S/C18H25N3O5S/c1-11(22)16(21-15(24)10-27-12(2)23)18(26)20-14(17(25)19-3)9-13-7-5-4-6-8-13/h4-8,11,14,16,22H,9-10H2,1-3H3,(H,19,25)(H,20,26)(H,21,24)/t11-,14+,16+/m1/s1. The van der Waals surface area contributed by atoms with Gasteiger partial charge in [-0.2, -0.15) is 0 Å². The summed E-state index contributed by atoms with van der Waals surface area (Å²) in [4.78, 5) is 47.5. The van der Waals surface area contributed by atoms with Gasteiger partial charge in [-0.15, -0.1) is 0 Å². The number of aliphatic hydroxyl groups is 1. The molecule has 0 spiro atoms. The molecule has 0 bridgehead atoms. The molecule has 0 saturated carbocycles. The van der Waals surface area contributed by atoms with Gasteiger partial charge in [0.1, 0.15) is 12.1 Å². The molecule has 1 aromatic rings. The number of nitrogens with one attached hydrogen (secondary N) is 3. The second kappa shape index (κ2) is 11.3. The van der Waals surface area contributed by atoms with Crippen LogP contribution in [0.4, 0.5) is 0 Å². The average Bonchev–Trinajstić information content (AvgIpc) is 2.63. The highest BCUT2D eigenvalue weighted by atomic mass is 32.2. The van der Waals surface area contributed by atoms with E-state index in [1.165, 1.54) is 20.9 Å². The van der Waals surface area contributed by atoms with E-state index in [1.54, 1.807) is 0 Å². The first-order valence-electron chi connectivity index (χ1n) is 8.41. The molecule has 0 fully saturated rings. The van der Waals surface area contributed by atoms with Crippen LogP contribution in [-0.2, 0) is 25.6 Å². The molecule has 148 valence electrons. The molecule has 3 amide bonds. The largest absolute Gasteiger partial charge is 0.391 e. The van der Waals surface area contributed by atoms with Crippen LogP contribution in [-0.4, -0.2) is 58.9 Å². The van der Waals surface area contributed by atoms with Crippen LogP contribution >= 0.6 is 11.8 Å². The lowest BCUT2D eigenvalue weighted by Gasteiger charge is -2.24. The molecule has 0 aliphatic carbocycles. The lowest BCUT2D eigenvalue weighted by Crippen LogP contribution is -2.57. The lowest BCUT2D eigenvalue weighted by molar-refractivity contribution is -0.133. The lowest BCUT2D eigenvalue weighted by atomic mass is 10.0. The molecule has 0 aliphatic heterocycles. The highest BCUT2D eigenvalue weighted by Crippen LogP contribution is 2.05. The van der Waals surface area contributed by atoms with Gasteiger partial charge in [0, 0.05) is 20.4 Å². The summed E-state index contributed by atoms with van der Waals surface area (Å²) in [5, 5.41) is 17.1.